The molecule has 172 valence electrons. The van der Waals surface area contributed by atoms with Crippen molar-refractivity contribution in [2.24, 2.45) is 0 Å². The lowest BCUT2D eigenvalue weighted by Gasteiger charge is -2.20. The number of nitrogens with zero attached hydrogens (tertiary/aromatic N) is 1. The Morgan fingerprint density at radius 3 is 2.21 bits per heavy atom. The summed E-state index contributed by atoms with van der Waals surface area (Å²) in [5.41, 5.74) is 1.31. The van der Waals surface area contributed by atoms with Gasteiger partial charge >= 0.3 is 5.97 Å². The molecule has 3 aromatic rings. The summed E-state index contributed by atoms with van der Waals surface area (Å²) in [6.07, 6.45) is 1.92. The number of thioether (sulfide) groups is 1. The fourth-order valence-electron chi connectivity index (χ4n) is 3.04. The minimum Gasteiger partial charge on any atom is -0.462 e. The Hall–Kier alpha value is -3.30. The average molecular weight is 485 g/mol. The van der Waals surface area contributed by atoms with E-state index in [0.29, 0.717) is 16.9 Å². The Bertz CT molecular complexity index is 1240. The molecule has 0 aliphatic carbocycles. The lowest BCUT2D eigenvalue weighted by atomic mass is 10.1. The van der Waals surface area contributed by atoms with Gasteiger partial charge in [-0.15, -0.1) is 11.8 Å². The van der Waals surface area contributed by atoms with Crippen LogP contribution in [-0.2, 0) is 14.8 Å². The number of amides is 1. The van der Waals surface area contributed by atoms with Crippen LogP contribution in [-0.4, -0.2) is 40.2 Å². The number of nitrogens with one attached hydrogen (secondary N) is 1. The van der Waals surface area contributed by atoms with E-state index in [1.165, 1.54) is 35.2 Å². The number of benzene rings is 3. The number of esters is 1. The van der Waals surface area contributed by atoms with Crippen molar-refractivity contribution in [1.29, 1.82) is 0 Å². The quantitative estimate of drug-likeness (QED) is 0.369. The van der Waals surface area contributed by atoms with E-state index in [0.717, 1.165) is 4.90 Å². The van der Waals surface area contributed by atoms with E-state index < -0.39 is 21.9 Å². The molecular formula is C24H24N2O5S2. The second-order valence-corrected chi connectivity index (χ2v) is 9.76. The van der Waals surface area contributed by atoms with Crippen LogP contribution in [0.4, 0.5) is 11.4 Å². The van der Waals surface area contributed by atoms with Crippen LogP contribution in [0, 0.1) is 0 Å². The Balaban J connectivity index is 1.77. The molecule has 0 fully saturated rings. The van der Waals surface area contributed by atoms with E-state index in [2.05, 4.69) is 5.32 Å². The number of sulfonamides is 1. The molecule has 0 unspecified atom stereocenters. The molecule has 1 amide bonds. The standard InChI is InChI=1S/C24H24N2O5S2/c1-4-31-24(28)21-7-5-6-8-22(21)25-23(27)17-9-11-18(12-10-17)26(2)33(29,30)20-15-13-19(32-3)14-16-20/h5-16H,4H2,1-3H3,(H,25,27). The van der Waals surface area contributed by atoms with Crippen LogP contribution >= 0.6 is 11.8 Å². The summed E-state index contributed by atoms with van der Waals surface area (Å²) in [4.78, 5) is 26.0. The summed E-state index contributed by atoms with van der Waals surface area (Å²) >= 11 is 1.53. The molecule has 0 aliphatic rings. The normalized spacial score (nSPS) is 11.0. The van der Waals surface area contributed by atoms with Crippen molar-refractivity contribution in [2.75, 3.05) is 29.5 Å². The van der Waals surface area contributed by atoms with Crippen molar-refractivity contribution in [1.82, 2.24) is 0 Å². The molecular weight excluding hydrogens is 460 g/mol. The summed E-state index contributed by atoms with van der Waals surface area (Å²) in [6.45, 7) is 1.93. The van der Waals surface area contributed by atoms with Gasteiger partial charge in [0.05, 0.1) is 28.4 Å². The number of carbonyl (C=O) groups excluding carboxylic acids is 2. The van der Waals surface area contributed by atoms with E-state index in [4.69, 9.17) is 4.74 Å². The van der Waals surface area contributed by atoms with E-state index in [1.807, 2.05) is 6.26 Å². The first-order valence-corrected chi connectivity index (χ1v) is 12.7. The minimum atomic E-state index is -3.75. The SMILES string of the molecule is CCOC(=O)c1ccccc1NC(=O)c1ccc(N(C)S(=O)(=O)c2ccc(SC)cc2)cc1. The average Bonchev–Trinajstić information content (AvgIpc) is 2.84. The van der Waals surface area contributed by atoms with Crippen molar-refractivity contribution < 1.29 is 22.7 Å². The fraction of sp³-hybridized carbons (Fsp3) is 0.167. The van der Waals surface area contributed by atoms with E-state index in [9.17, 15) is 18.0 Å². The first-order valence-electron chi connectivity index (χ1n) is 10.1. The number of hydrogen-bond donors (Lipinski definition) is 1. The van der Waals surface area contributed by atoms with Crippen LogP contribution in [0.25, 0.3) is 0 Å². The number of para-hydroxylation sites is 1. The number of ether oxygens (including phenoxy) is 1. The van der Waals surface area contributed by atoms with Crippen molar-refractivity contribution in [2.45, 2.75) is 16.7 Å². The number of anilines is 2. The van der Waals surface area contributed by atoms with Gasteiger partial charge in [0.1, 0.15) is 0 Å². The number of rotatable bonds is 8. The molecule has 0 heterocycles. The van der Waals surface area contributed by atoms with Crippen LogP contribution in [0.1, 0.15) is 27.6 Å². The Morgan fingerprint density at radius 2 is 1.61 bits per heavy atom. The van der Waals surface area contributed by atoms with Crippen LogP contribution < -0.4 is 9.62 Å². The van der Waals surface area contributed by atoms with Crippen LogP contribution in [0.2, 0.25) is 0 Å². The molecule has 3 aromatic carbocycles. The Kier molecular flexibility index (Phi) is 7.78. The van der Waals surface area contributed by atoms with Gasteiger partial charge in [-0.25, -0.2) is 13.2 Å². The fourth-order valence-corrected chi connectivity index (χ4v) is 4.64. The molecule has 0 saturated carbocycles. The molecule has 0 aromatic heterocycles. The van der Waals surface area contributed by atoms with Gasteiger partial charge in [-0.1, -0.05) is 12.1 Å². The third kappa shape index (κ3) is 5.55. The molecule has 0 atom stereocenters. The molecule has 0 bridgehead atoms. The van der Waals surface area contributed by atoms with E-state index >= 15 is 0 Å². The van der Waals surface area contributed by atoms with Gasteiger partial charge in [-0.05, 0) is 73.8 Å². The van der Waals surface area contributed by atoms with E-state index in [-0.39, 0.29) is 17.1 Å². The highest BCUT2D eigenvalue weighted by molar-refractivity contribution is 7.98. The van der Waals surface area contributed by atoms with Crippen molar-refractivity contribution in [3.05, 3.63) is 83.9 Å². The summed E-state index contributed by atoms with van der Waals surface area (Å²) in [5.74, 6) is -0.961. The Morgan fingerprint density at radius 1 is 0.970 bits per heavy atom. The summed E-state index contributed by atoms with van der Waals surface area (Å²) in [5, 5.41) is 2.71. The second kappa shape index (κ2) is 10.5. The molecule has 1 N–H and O–H groups in total. The van der Waals surface area contributed by atoms with E-state index in [1.54, 1.807) is 67.6 Å². The second-order valence-electron chi connectivity index (χ2n) is 6.92. The molecule has 0 spiro atoms. The maximum absolute atomic E-state index is 12.9. The van der Waals surface area contributed by atoms with Crippen molar-refractivity contribution >= 4 is 45.0 Å². The lowest BCUT2D eigenvalue weighted by Crippen LogP contribution is -2.26. The minimum absolute atomic E-state index is 0.181. The first kappa shape index (κ1) is 24.3. The van der Waals surface area contributed by atoms with Crippen LogP contribution in [0.15, 0.2) is 82.6 Å². The lowest BCUT2D eigenvalue weighted by molar-refractivity contribution is 0.0527. The smallest absolute Gasteiger partial charge is 0.340 e. The molecule has 7 nitrogen and oxygen atoms in total. The first-order chi connectivity index (χ1) is 15.8. The third-order valence-electron chi connectivity index (χ3n) is 4.88. The zero-order chi connectivity index (χ0) is 24.0. The van der Waals surface area contributed by atoms with Gasteiger partial charge in [-0.2, -0.15) is 0 Å². The number of hydrogen-bond acceptors (Lipinski definition) is 6. The zero-order valence-corrected chi connectivity index (χ0v) is 20.1. The van der Waals surface area contributed by atoms with Gasteiger partial charge < -0.3 is 10.1 Å². The predicted octanol–water partition coefficient (Wildman–Crippen LogP) is 4.66. The molecule has 0 aliphatic heterocycles. The molecule has 9 heteroatoms. The van der Waals surface area contributed by atoms with Crippen molar-refractivity contribution in [3.8, 4) is 0 Å². The highest BCUT2D eigenvalue weighted by atomic mass is 32.2. The molecule has 0 saturated heterocycles. The van der Waals surface area contributed by atoms with Gasteiger partial charge in [0.25, 0.3) is 15.9 Å². The van der Waals surface area contributed by atoms with Gasteiger partial charge in [0.2, 0.25) is 0 Å². The van der Waals surface area contributed by atoms with Crippen LogP contribution in [0.5, 0.6) is 0 Å². The van der Waals surface area contributed by atoms with Crippen molar-refractivity contribution in [3.63, 3.8) is 0 Å². The molecule has 33 heavy (non-hydrogen) atoms. The van der Waals surface area contributed by atoms with Gasteiger partial charge in [0, 0.05) is 17.5 Å². The predicted molar refractivity (Wildman–Crippen MR) is 131 cm³/mol. The number of carbonyl (C=O) groups is 2. The maximum atomic E-state index is 12.9. The highest BCUT2D eigenvalue weighted by Gasteiger charge is 2.22. The van der Waals surface area contributed by atoms with Gasteiger partial charge in [0.15, 0.2) is 0 Å². The molecule has 0 radical (unpaired) electrons. The van der Waals surface area contributed by atoms with Crippen LogP contribution in [0.3, 0.4) is 0 Å². The maximum Gasteiger partial charge on any atom is 0.340 e. The Labute approximate surface area is 197 Å². The summed E-state index contributed by atoms with van der Waals surface area (Å²) < 4.78 is 32.1. The molecule has 3 rings (SSSR count). The summed E-state index contributed by atoms with van der Waals surface area (Å²) in [6, 6.07) is 19.4. The zero-order valence-electron chi connectivity index (χ0n) is 18.4. The third-order valence-corrected chi connectivity index (χ3v) is 7.42. The summed E-state index contributed by atoms with van der Waals surface area (Å²) in [7, 11) is -2.29. The topological polar surface area (TPSA) is 92.8 Å². The van der Waals surface area contributed by atoms with Gasteiger partial charge in [-0.3, -0.25) is 9.10 Å². The highest BCUT2D eigenvalue weighted by Crippen LogP contribution is 2.25. The monoisotopic (exact) mass is 484 g/mol. The largest absolute Gasteiger partial charge is 0.462 e.